The summed E-state index contributed by atoms with van der Waals surface area (Å²) < 4.78 is 0. The Bertz CT molecular complexity index is 799. The van der Waals surface area contributed by atoms with Crippen LogP contribution in [0.3, 0.4) is 0 Å². The molecule has 2 heterocycles. The molecule has 1 aromatic heterocycles. The maximum atomic E-state index is 12.8. The first-order valence-electron chi connectivity index (χ1n) is 9.31. The number of nitro benzene ring substituents is 1. The van der Waals surface area contributed by atoms with E-state index < -0.39 is 0 Å². The molecule has 0 saturated carbocycles. The van der Waals surface area contributed by atoms with Crippen molar-refractivity contribution < 1.29 is 14.6 Å². The lowest BCUT2D eigenvalue weighted by Gasteiger charge is -2.34. The number of hydrogen-bond donors (Lipinski definition) is 1. The summed E-state index contributed by atoms with van der Waals surface area (Å²) in [5.41, 5.74) is 1.09. The topological polar surface area (TPSA) is 71.1 Å². The van der Waals surface area contributed by atoms with Crippen molar-refractivity contribution >= 4 is 28.6 Å². The van der Waals surface area contributed by atoms with Gasteiger partial charge in [-0.25, -0.2) is 0 Å². The van der Waals surface area contributed by atoms with Gasteiger partial charge in [0.1, 0.15) is 0 Å². The highest BCUT2D eigenvalue weighted by atomic mass is 32.1. The summed E-state index contributed by atoms with van der Waals surface area (Å²) in [5, 5.41) is 12.8. The number of nitro groups is 1. The summed E-state index contributed by atoms with van der Waals surface area (Å²) in [4.78, 5) is 29.7. The predicted octanol–water partition coefficient (Wildman–Crippen LogP) is 1.58. The lowest BCUT2D eigenvalue weighted by atomic mass is 10.2. The third kappa shape index (κ3) is 5.17. The van der Waals surface area contributed by atoms with E-state index in [1.807, 2.05) is 22.4 Å². The van der Waals surface area contributed by atoms with Crippen molar-refractivity contribution in [3.8, 4) is 0 Å². The number of amides is 1. The fourth-order valence-electron chi connectivity index (χ4n) is 3.37. The third-order valence-electron chi connectivity index (χ3n) is 4.93. The molecule has 3 rings (SSSR count). The van der Waals surface area contributed by atoms with Crippen LogP contribution >= 0.6 is 11.3 Å². The van der Waals surface area contributed by atoms with E-state index in [1.165, 1.54) is 21.9 Å². The van der Waals surface area contributed by atoms with E-state index >= 15 is 0 Å². The molecule has 28 heavy (non-hydrogen) atoms. The van der Waals surface area contributed by atoms with Crippen molar-refractivity contribution in [3.05, 3.63) is 69.4 Å². The first-order chi connectivity index (χ1) is 13.6. The minimum atomic E-state index is -0.386. The molecular weight excluding hydrogens is 376 g/mol. The maximum Gasteiger partial charge on any atom is 0.278 e. The summed E-state index contributed by atoms with van der Waals surface area (Å²) in [6, 6.07) is 10.7. The Morgan fingerprint density at radius 2 is 2.00 bits per heavy atom. The van der Waals surface area contributed by atoms with Crippen LogP contribution in [0.15, 0.2) is 54.4 Å². The Hall–Kier alpha value is -2.71. The Morgan fingerprint density at radius 1 is 1.29 bits per heavy atom. The van der Waals surface area contributed by atoms with Crippen LogP contribution in [0.4, 0.5) is 11.4 Å². The summed E-state index contributed by atoms with van der Waals surface area (Å²) in [7, 11) is 0. The van der Waals surface area contributed by atoms with Gasteiger partial charge >= 0.3 is 0 Å². The number of rotatable bonds is 8. The van der Waals surface area contributed by atoms with E-state index in [9.17, 15) is 14.9 Å². The van der Waals surface area contributed by atoms with Crippen molar-refractivity contribution in [2.45, 2.75) is 6.54 Å². The van der Waals surface area contributed by atoms with Gasteiger partial charge in [0.25, 0.3) is 11.6 Å². The molecule has 2 aromatic rings. The van der Waals surface area contributed by atoms with Gasteiger partial charge in [-0.3, -0.25) is 14.9 Å². The van der Waals surface area contributed by atoms with Gasteiger partial charge in [0.15, 0.2) is 6.54 Å². The standard InChI is InChI=1S/C20H24N4O3S/c1-2-9-23(15-19-4-3-14-28-19)20(25)16-21-10-12-22(13-11-21)17-5-7-18(8-6-17)24(26)27/h2-8,14H,1,9-13,15-16H2/p+1. The molecular formula is C20H25N4O3S+. The minimum Gasteiger partial charge on any atom is -0.360 e. The van der Waals surface area contributed by atoms with Gasteiger partial charge in [0, 0.05) is 29.2 Å². The number of non-ortho nitro benzene ring substituents is 1. The van der Waals surface area contributed by atoms with Gasteiger partial charge in [-0.2, -0.15) is 0 Å². The second-order valence-corrected chi connectivity index (χ2v) is 7.86. The van der Waals surface area contributed by atoms with Gasteiger partial charge < -0.3 is 14.7 Å². The number of thiophene rings is 1. The predicted molar refractivity (Wildman–Crippen MR) is 111 cm³/mol. The number of hydrogen-bond acceptors (Lipinski definition) is 5. The second-order valence-electron chi connectivity index (χ2n) is 6.83. The Balaban J connectivity index is 1.51. The molecule has 1 aromatic carbocycles. The summed E-state index contributed by atoms with van der Waals surface area (Å²) in [5.74, 6) is 0.145. The van der Waals surface area contributed by atoms with E-state index in [1.54, 1.807) is 29.5 Å². The van der Waals surface area contributed by atoms with Crippen molar-refractivity contribution in [1.29, 1.82) is 0 Å². The molecule has 0 radical (unpaired) electrons. The number of nitrogens with zero attached hydrogens (tertiary/aromatic N) is 3. The highest BCUT2D eigenvalue weighted by molar-refractivity contribution is 7.09. The minimum absolute atomic E-state index is 0.103. The van der Waals surface area contributed by atoms with Gasteiger partial charge in [-0.1, -0.05) is 12.1 Å². The monoisotopic (exact) mass is 401 g/mol. The molecule has 1 amide bonds. The lowest BCUT2D eigenvalue weighted by Crippen LogP contribution is -3.15. The van der Waals surface area contributed by atoms with Gasteiger partial charge in [-0.05, 0) is 23.6 Å². The highest BCUT2D eigenvalue weighted by Crippen LogP contribution is 2.19. The molecule has 0 spiro atoms. The number of carbonyl (C=O) groups is 1. The molecule has 1 saturated heterocycles. The molecule has 8 heteroatoms. The molecule has 1 N–H and O–H groups in total. The fourth-order valence-corrected chi connectivity index (χ4v) is 4.09. The van der Waals surface area contributed by atoms with Crippen LogP contribution in [0, 0.1) is 10.1 Å². The first kappa shape index (κ1) is 20.0. The van der Waals surface area contributed by atoms with Crippen molar-refractivity contribution in [2.75, 3.05) is 44.2 Å². The van der Waals surface area contributed by atoms with Gasteiger partial charge in [0.05, 0.1) is 37.6 Å². The number of quaternary nitrogens is 1. The van der Waals surface area contributed by atoms with Crippen LogP contribution < -0.4 is 9.80 Å². The highest BCUT2D eigenvalue weighted by Gasteiger charge is 2.25. The average molecular weight is 402 g/mol. The van der Waals surface area contributed by atoms with Gasteiger partial charge in [-0.15, -0.1) is 17.9 Å². The van der Waals surface area contributed by atoms with Crippen LogP contribution in [-0.4, -0.2) is 55.0 Å². The van der Waals surface area contributed by atoms with Crippen molar-refractivity contribution in [1.82, 2.24) is 4.90 Å². The quantitative estimate of drug-likeness (QED) is 0.414. The Labute approximate surface area is 168 Å². The lowest BCUT2D eigenvalue weighted by molar-refractivity contribution is -0.892. The summed E-state index contributed by atoms with van der Waals surface area (Å²) in [6.45, 7) is 8.82. The normalized spacial score (nSPS) is 14.6. The van der Waals surface area contributed by atoms with E-state index in [0.29, 0.717) is 19.6 Å². The van der Waals surface area contributed by atoms with Crippen LogP contribution in [0.5, 0.6) is 0 Å². The van der Waals surface area contributed by atoms with Crippen LogP contribution in [0.2, 0.25) is 0 Å². The zero-order valence-corrected chi connectivity index (χ0v) is 16.6. The Morgan fingerprint density at radius 3 is 2.57 bits per heavy atom. The van der Waals surface area contributed by atoms with Crippen LogP contribution in [-0.2, 0) is 11.3 Å². The number of piperazine rings is 1. The molecule has 0 unspecified atom stereocenters. The largest absolute Gasteiger partial charge is 0.360 e. The van der Waals surface area contributed by atoms with Crippen LogP contribution in [0.1, 0.15) is 4.88 Å². The van der Waals surface area contributed by atoms with E-state index in [0.717, 1.165) is 31.9 Å². The zero-order valence-electron chi connectivity index (χ0n) is 15.8. The molecule has 0 atom stereocenters. The molecule has 1 aliphatic rings. The maximum absolute atomic E-state index is 12.8. The van der Waals surface area contributed by atoms with Crippen molar-refractivity contribution in [3.63, 3.8) is 0 Å². The number of anilines is 1. The fraction of sp³-hybridized carbons (Fsp3) is 0.350. The number of nitrogens with one attached hydrogen (secondary N) is 1. The number of benzene rings is 1. The molecule has 0 aliphatic carbocycles. The second kappa shape index (κ2) is 9.48. The van der Waals surface area contributed by atoms with Crippen LogP contribution in [0.25, 0.3) is 0 Å². The summed E-state index contributed by atoms with van der Waals surface area (Å²) >= 11 is 1.66. The molecule has 1 fully saturated rings. The average Bonchev–Trinajstić information content (AvgIpc) is 3.21. The van der Waals surface area contributed by atoms with E-state index in [-0.39, 0.29) is 16.5 Å². The Kier molecular flexibility index (Phi) is 6.78. The zero-order chi connectivity index (χ0) is 19.9. The first-order valence-corrected chi connectivity index (χ1v) is 10.2. The molecule has 0 bridgehead atoms. The van der Waals surface area contributed by atoms with Crippen molar-refractivity contribution in [2.24, 2.45) is 0 Å². The molecule has 148 valence electrons. The van der Waals surface area contributed by atoms with E-state index in [4.69, 9.17) is 0 Å². The number of carbonyl (C=O) groups excluding carboxylic acids is 1. The van der Waals surface area contributed by atoms with E-state index in [2.05, 4.69) is 11.5 Å². The third-order valence-corrected chi connectivity index (χ3v) is 5.79. The molecule has 7 nitrogen and oxygen atoms in total. The summed E-state index contributed by atoms with van der Waals surface area (Å²) in [6.07, 6.45) is 1.77. The smallest absolute Gasteiger partial charge is 0.278 e. The molecule has 1 aliphatic heterocycles. The SMILES string of the molecule is C=CCN(Cc1cccs1)C(=O)C[NH+]1CCN(c2ccc([N+](=O)[O-])cc2)CC1. The van der Waals surface area contributed by atoms with Gasteiger partial charge in [0.2, 0.25) is 0 Å².